The van der Waals surface area contributed by atoms with E-state index in [0.717, 1.165) is 0 Å². The van der Waals surface area contributed by atoms with Crippen molar-refractivity contribution in [1.82, 2.24) is 30.4 Å². The van der Waals surface area contributed by atoms with Gasteiger partial charge in [-0.25, -0.2) is 0 Å². The van der Waals surface area contributed by atoms with E-state index in [2.05, 4.69) is 41.0 Å². The zero-order valence-electron chi connectivity index (χ0n) is 14.5. The molecule has 0 atom stereocenters. The van der Waals surface area contributed by atoms with Crippen molar-refractivity contribution < 1.29 is 9.59 Å². The molecule has 6 N–H and O–H groups in total. The van der Waals surface area contributed by atoms with Crippen molar-refractivity contribution in [3.8, 4) is 23.0 Å². The fraction of sp³-hybridized carbons (Fsp3) is 0.125. The Balaban J connectivity index is 1.71. The van der Waals surface area contributed by atoms with Crippen molar-refractivity contribution in [2.75, 3.05) is 23.7 Å². The molecule has 0 bridgehead atoms. The monoisotopic (exact) mass is 380 g/mol. The molecule has 0 aliphatic rings. The number of nitrogens with one attached hydrogen (secondary N) is 2. The summed E-state index contributed by atoms with van der Waals surface area (Å²) in [5.41, 5.74) is 12.4. The third-order valence-corrected chi connectivity index (χ3v) is 3.40. The largest absolute Gasteiger partial charge is 0.324 e. The van der Waals surface area contributed by atoms with Crippen molar-refractivity contribution in [2.24, 2.45) is 11.5 Å². The Morgan fingerprint density at radius 1 is 0.714 bits per heavy atom. The summed E-state index contributed by atoms with van der Waals surface area (Å²) in [6.45, 7) is -0.233. The molecule has 0 spiro atoms. The lowest BCUT2D eigenvalue weighted by Crippen LogP contribution is -2.21. The summed E-state index contributed by atoms with van der Waals surface area (Å²) in [4.78, 5) is 30.8. The summed E-state index contributed by atoms with van der Waals surface area (Å²) in [6.07, 6.45) is 2.91. The number of pyridine rings is 2. The molecule has 0 aliphatic carbocycles. The van der Waals surface area contributed by atoms with Gasteiger partial charge in [0.05, 0.1) is 36.9 Å². The van der Waals surface area contributed by atoms with Crippen molar-refractivity contribution in [1.29, 1.82) is 0 Å². The van der Waals surface area contributed by atoms with Gasteiger partial charge >= 0.3 is 0 Å². The molecule has 0 aromatic carbocycles. The summed E-state index contributed by atoms with van der Waals surface area (Å²) >= 11 is 0. The molecule has 142 valence electrons. The SMILES string of the molecule is NCC(=O)Nc1ccc(-c2nnc(-c3ccc(NC(=O)CN)cn3)nn2)nc1. The standard InChI is InChI=1S/C16H16N10O2/c17-5-13(27)21-9-1-3-11(19-7-9)15-23-25-16(26-24-15)12-4-2-10(8-20-12)22-14(28)6-18/h1-4,7-8H,5-6,17-18H2,(H,21,27)(H,22,28). The molecular weight excluding hydrogens is 364 g/mol. The Bertz CT molecular complexity index is 878. The summed E-state index contributed by atoms with van der Waals surface area (Å²) in [5.74, 6) is -0.209. The van der Waals surface area contributed by atoms with Crippen LogP contribution in [0.15, 0.2) is 36.7 Å². The van der Waals surface area contributed by atoms with Gasteiger partial charge in [0.25, 0.3) is 0 Å². The summed E-state index contributed by atoms with van der Waals surface area (Å²) in [7, 11) is 0. The second kappa shape index (κ2) is 8.66. The van der Waals surface area contributed by atoms with E-state index in [4.69, 9.17) is 11.5 Å². The van der Waals surface area contributed by atoms with E-state index in [9.17, 15) is 9.59 Å². The molecule has 28 heavy (non-hydrogen) atoms. The lowest BCUT2D eigenvalue weighted by molar-refractivity contribution is -0.115. The highest BCUT2D eigenvalue weighted by Crippen LogP contribution is 2.16. The molecule has 0 saturated heterocycles. The summed E-state index contributed by atoms with van der Waals surface area (Å²) in [5, 5.41) is 21.1. The number of amides is 2. The Morgan fingerprint density at radius 3 is 1.39 bits per heavy atom. The minimum Gasteiger partial charge on any atom is -0.324 e. The molecule has 0 fully saturated rings. The molecule has 0 aliphatic heterocycles. The van der Waals surface area contributed by atoms with Crippen molar-refractivity contribution >= 4 is 23.2 Å². The van der Waals surface area contributed by atoms with Crippen LogP contribution in [0, 0.1) is 0 Å². The molecule has 12 nitrogen and oxygen atoms in total. The van der Waals surface area contributed by atoms with E-state index in [1.54, 1.807) is 24.3 Å². The van der Waals surface area contributed by atoms with Gasteiger partial charge in [0.15, 0.2) is 0 Å². The smallest absolute Gasteiger partial charge is 0.238 e. The Morgan fingerprint density at radius 2 is 1.11 bits per heavy atom. The van der Waals surface area contributed by atoms with Gasteiger partial charge in [-0.15, -0.1) is 20.4 Å². The molecular formula is C16H16N10O2. The Hall–Kier alpha value is -3.90. The average molecular weight is 380 g/mol. The van der Waals surface area contributed by atoms with Gasteiger partial charge in [0.1, 0.15) is 11.4 Å². The van der Waals surface area contributed by atoms with Crippen LogP contribution in [-0.4, -0.2) is 55.3 Å². The molecule has 3 aromatic heterocycles. The fourth-order valence-corrected chi connectivity index (χ4v) is 2.06. The molecule has 0 unspecified atom stereocenters. The maximum absolute atomic E-state index is 11.3. The maximum atomic E-state index is 11.3. The topological polar surface area (TPSA) is 188 Å². The first-order valence-electron chi connectivity index (χ1n) is 8.09. The van der Waals surface area contributed by atoms with Crippen LogP contribution in [0.5, 0.6) is 0 Å². The van der Waals surface area contributed by atoms with Crippen LogP contribution in [0.4, 0.5) is 11.4 Å². The minimum atomic E-state index is -0.320. The molecule has 0 saturated carbocycles. The van der Waals surface area contributed by atoms with E-state index in [1.807, 2.05) is 0 Å². The normalized spacial score (nSPS) is 10.4. The third kappa shape index (κ3) is 4.63. The number of rotatable bonds is 6. The number of hydrogen-bond donors (Lipinski definition) is 4. The van der Waals surface area contributed by atoms with Crippen molar-refractivity contribution in [3.05, 3.63) is 36.7 Å². The van der Waals surface area contributed by atoms with Crippen LogP contribution in [0.3, 0.4) is 0 Å². The number of nitrogens with zero attached hydrogens (tertiary/aromatic N) is 6. The zero-order valence-corrected chi connectivity index (χ0v) is 14.5. The van der Waals surface area contributed by atoms with Crippen molar-refractivity contribution in [3.63, 3.8) is 0 Å². The molecule has 2 amide bonds. The van der Waals surface area contributed by atoms with E-state index >= 15 is 0 Å². The van der Waals surface area contributed by atoms with Gasteiger partial charge in [0, 0.05) is 0 Å². The van der Waals surface area contributed by atoms with E-state index in [1.165, 1.54) is 12.4 Å². The van der Waals surface area contributed by atoms with E-state index in [0.29, 0.717) is 22.8 Å². The second-order valence-corrected chi connectivity index (χ2v) is 5.42. The lowest BCUT2D eigenvalue weighted by atomic mass is 10.3. The van der Waals surface area contributed by atoms with Crippen LogP contribution in [0.2, 0.25) is 0 Å². The number of aromatic nitrogens is 6. The van der Waals surface area contributed by atoms with Gasteiger partial charge in [-0.05, 0) is 24.3 Å². The molecule has 0 radical (unpaired) electrons. The van der Waals surface area contributed by atoms with Gasteiger partial charge in [0.2, 0.25) is 23.5 Å². The van der Waals surface area contributed by atoms with E-state index in [-0.39, 0.29) is 36.6 Å². The Labute approximate surface area is 158 Å². The Kier molecular flexibility index (Phi) is 5.84. The number of carbonyl (C=O) groups is 2. The minimum absolute atomic E-state index is 0.116. The number of nitrogens with two attached hydrogens (primary N) is 2. The highest BCUT2D eigenvalue weighted by Gasteiger charge is 2.10. The fourth-order valence-electron chi connectivity index (χ4n) is 2.06. The van der Waals surface area contributed by atoms with Crippen LogP contribution in [0.1, 0.15) is 0 Å². The van der Waals surface area contributed by atoms with Gasteiger partial charge in [-0.2, -0.15) is 0 Å². The summed E-state index contributed by atoms with van der Waals surface area (Å²) in [6, 6.07) is 6.53. The predicted octanol–water partition coefficient (Wildman–Crippen LogP) is -0.815. The quantitative estimate of drug-likeness (QED) is 0.421. The highest BCUT2D eigenvalue weighted by atomic mass is 16.2. The first kappa shape index (κ1) is 18.9. The molecule has 3 rings (SSSR count). The van der Waals surface area contributed by atoms with Gasteiger partial charge in [-0.3, -0.25) is 19.6 Å². The zero-order chi connectivity index (χ0) is 19.9. The van der Waals surface area contributed by atoms with Crippen LogP contribution in [0.25, 0.3) is 23.0 Å². The van der Waals surface area contributed by atoms with E-state index < -0.39 is 0 Å². The third-order valence-electron chi connectivity index (χ3n) is 3.40. The van der Waals surface area contributed by atoms with Crippen LogP contribution < -0.4 is 22.1 Å². The van der Waals surface area contributed by atoms with Crippen molar-refractivity contribution in [2.45, 2.75) is 0 Å². The molecule has 3 heterocycles. The predicted molar refractivity (Wildman–Crippen MR) is 99.5 cm³/mol. The maximum Gasteiger partial charge on any atom is 0.238 e. The van der Waals surface area contributed by atoms with Gasteiger partial charge < -0.3 is 22.1 Å². The van der Waals surface area contributed by atoms with Gasteiger partial charge in [-0.1, -0.05) is 0 Å². The molecule has 3 aromatic rings. The second-order valence-electron chi connectivity index (χ2n) is 5.42. The highest BCUT2D eigenvalue weighted by molar-refractivity contribution is 5.92. The lowest BCUT2D eigenvalue weighted by Gasteiger charge is -2.05. The van der Waals surface area contributed by atoms with Crippen LogP contribution in [-0.2, 0) is 9.59 Å². The first-order chi connectivity index (χ1) is 13.6. The number of carbonyl (C=O) groups excluding carboxylic acids is 2. The molecule has 12 heteroatoms. The summed E-state index contributed by atoms with van der Waals surface area (Å²) < 4.78 is 0. The van der Waals surface area contributed by atoms with Crippen LogP contribution >= 0.6 is 0 Å². The number of hydrogen-bond acceptors (Lipinski definition) is 10. The number of anilines is 2. The average Bonchev–Trinajstić information content (AvgIpc) is 2.75. The first-order valence-corrected chi connectivity index (χ1v) is 8.09.